The fourth-order valence-electron chi connectivity index (χ4n) is 0.925. The molecular weight excluding hydrogens is 166 g/mol. The second-order valence-corrected chi connectivity index (χ2v) is 3.66. The van der Waals surface area contributed by atoms with Crippen LogP contribution in [0.1, 0.15) is 12.0 Å². The van der Waals surface area contributed by atoms with E-state index in [2.05, 4.69) is 25.1 Å². The van der Waals surface area contributed by atoms with Gasteiger partial charge in [-0.3, -0.25) is 0 Å². The van der Waals surface area contributed by atoms with E-state index in [1.165, 1.54) is 10.5 Å². The van der Waals surface area contributed by atoms with E-state index in [-0.39, 0.29) is 0 Å². The molecule has 12 heavy (non-hydrogen) atoms. The summed E-state index contributed by atoms with van der Waals surface area (Å²) in [6.45, 7) is 2.09. The van der Waals surface area contributed by atoms with Crippen molar-refractivity contribution in [2.24, 2.45) is 0 Å². The van der Waals surface area contributed by atoms with E-state index in [1.54, 1.807) is 11.8 Å². The SMILES string of the molecule is Cc1ccccc1SCCC#N. The fourth-order valence-corrected chi connectivity index (χ4v) is 1.81. The Bertz CT molecular complexity index is 288. The number of hydrogen-bond donors (Lipinski definition) is 0. The smallest absolute Gasteiger partial charge is 0.0630 e. The summed E-state index contributed by atoms with van der Waals surface area (Å²) in [5.74, 6) is 0.890. The van der Waals surface area contributed by atoms with Crippen molar-refractivity contribution in [3.05, 3.63) is 29.8 Å². The topological polar surface area (TPSA) is 23.8 Å². The Kier molecular flexibility index (Phi) is 3.69. The first-order chi connectivity index (χ1) is 5.84. The summed E-state index contributed by atoms with van der Waals surface area (Å²) in [4.78, 5) is 1.28. The van der Waals surface area contributed by atoms with Crippen molar-refractivity contribution in [2.75, 3.05) is 5.75 Å². The number of aryl methyl sites for hydroxylation is 1. The summed E-state index contributed by atoms with van der Waals surface area (Å²) < 4.78 is 0. The summed E-state index contributed by atoms with van der Waals surface area (Å²) in [5, 5.41) is 8.35. The molecule has 0 N–H and O–H groups in total. The summed E-state index contributed by atoms with van der Waals surface area (Å²) >= 11 is 1.75. The molecule has 0 spiro atoms. The lowest BCUT2D eigenvalue weighted by Gasteiger charge is -2.01. The van der Waals surface area contributed by atoms with E-state index in [0.29, 0.717) is 6.42 Å². The molecule has 0 bridgehead atoms. The van der Waals surface area contributed by atoms with Crippen molar-refractivity contribution >= 4 is 11.8 Å². The minimum atomic E-state index is 0.624. The highest BCUT2D eigenvalue weighted by Crippen LogP contribution is 2.21. The third-order valence-electron chi connectivity index (χ3n) is 1.57. The van der Waals surface area contributed by atoms with E-state index >= 15 is 0 Å². The van der Waals surface area contributed by atoms with E-state index in [9.17, 15) is 0 Å². The molecule has 62 valence electrons. The van der Waals surface area contributed by atoms with Crippen LogP contribution >= 0.6 is 11.8 Å². The Balaban J connectivity index is 2.53. The zero-order valence-electron chi connectivity index (χ0n) is 7.08. The van der Waals surface area contributed by atoms with Gasteiger partial charge in [-0.1, -0.05) is 18.2 Å². The molecule has 0 atom stereocenters. The lowest BCUT2D eigenvalue weighted by atomic mass is 10.2. The molecular formula is C10H11NS. The van der Waals surface area contributed by atoms with Gasteiger partial charge in [0.15, 0.2) is 0 Å². The highest BCUT2D eigenvalue weighted by molar-refractivity contribution is 7.99. The quantitative estimate of drug-likeness (QED) is 0.523. The lowest BCUT2D eigenvalue weighted by molar-refractivity contribution is 1.22. The molecule has 1 aromatic carbocycles. The molecule has 2 heteroatoms. The molecule has 0 amide bonds. The zero-order valence-corrected chi connectivity index (χ0v) is 7.90. The molecule has 1 nitrogen and oxygen atoms in total. The number of rotatable bonds is 3. The fraction of sp³-hybridized carbons (Fsp3) is 0.300. The van der Waals surface area contributed by atoms with Gasteiger partial charge in [0.25, 0.3) is 0 Å². The second-order valence-electron chi connectivity index (χ2n) is 2.52. The van der Waals surface area contributed by atoms with Gasteiger partial charge < -0.3 is 0 Å². The van der Waals surface area contributed by atoms with Crippen LogP contribution in [0.2, 0.25) is 0 Å². The molecule has 0 aromatic heterocycles. The van der Waals surface area contributed by atoms with Crippen molar-refractivity contribution < 1.29 is 0 Å². The second kappa shape index (κ2) is 4.84. The third kappa shape index (κ3) is 2.60. The van der Waals surface area contributed by atoms with Gasteiger partial charge in [0, 0.05) is 17.1 Å². The van der Waals surface area contributed by atoms with E-state index in [1.807, 2.05) is 12.1 Å². The Morgan fingerprint density at radius 1 is 1.42 bits per heavy atom. The van der Waals surface area contributed by atoms with Crippen molar-refractivity contribution in [1.82, 2.24) is 0 Å². The Morgan fingerprint density at radius 3 is 2.83 bits per heavy atom. The number of nitrogens with zero attached hydrogens (tertiary/aromatic N) is 1. The Hall–Kier alpha value is -0.940. The number of thioether (sulfide) groups is 1. The van der Waals surface area contributed by atoms with Crippen LogP contribution in [0.5, 0.6) is 0 Å². The first-order valence-electron chi connectivity index (χ1n) is 3.90. The normalized spacial score (nSPS) is 9.33. The third-order valence-corrected chi connectivity index (χ3v) is 2.74. The molecule has 0 aliphatic carbocycles. The van der Waals surface area contributed by atoms with Crippen LogP contribution in [0.3, 0.4) is 0 Å². The van der Waals surface area contributed by atoms with Crippen molar-refractivity contribution in [2.45, 2.75) is 18.2 Å². The largest absolute Gasteiger partial charge is 0.198 e. The van der Waals surface area contributed by atoms with Gasteiger partial charge in [0.2, 0.25) is 0 Å². The monoisotopic (exact) mass is 177 g/mol. The Labute approximate surface area is 77.4 Å². The predicted molar refractivity (Wildman–Crippen MR) is 52.1 cm³/mol. The van der Waals surface area contributed by atoms with Gasteiger partial charge in [-0.25, -0.2) is 0 Å². The van der Waals surface area contributed by atoms with Gasteiger partial charge in [0.1, 0.15) is 0 Å². The standard InChI is InChI=1S/C10H11NS/c1-9-5-2-3-6-10(9)12-8-4-7-11/h2-3,5-6H,4,8H2,1H3. The van der Waals surface area contributed by atoms with E-state index < -0.39 is 0 Å². The molecule has 1 rings (SSSR count). The van der Waals surface area contributed by atoms with Crippen LogP contribution in [0.25, 0.3) is 0 Å². The van der Waals surface area contributed by atoms with Crippen LogP contribution in [0, 0.1) is 18.3 Å². The molecule has 0 aliphatic rings. The highest BCUT2D eigenvalue weighted by Gasteiger charge is 1.95. The molecule has 0 unspecified atom stereocenters. The van der Waals surface area contributed by atoms with Gasteiger partial charge in [0.05, 0.1) is 6.07 Å². The lowest BCUT2D eigenvalue weighted by Crippen LogP contribution is -1.80. The van der Waals surface area contributed by atoms with E-state index in [0.717, 1.165) is 5.75 Å². The van der Waals surface area contributed by atoms with Gasteiger partial charge in [-0.2, -0.15) is 5.26 Å². The summed E-state index contributed by atoms with van der Waals surface area (Å²) in [6, 6.07) is 10.4. The van der Waals surface area contributed by atoms with Gasteiger partial charge in [-0.05, 0) is 18.6 Å². The number of hydrogen-bond acceptors (Lipinski definition) is 2. The zero-order chi connectivity index (χ0) is 8.81. The average molecular weight is 177 g/mol. The number of nitriles is 1. The number of benzene rings is 1. The summed E-state index contributed by atoms with van der Waals surface area (Å²) in [6.07, 6.45) is 0.624. The average Bonchev–Trinajstić information content (AvgIpc) is 2.09. The van der Waals surface area contributed by atoms with Crippen molar-refractivity contribution in [3.63, 3.8) is 0 Å². The molecule has 0 saturated heterocycles. The maximum Gasteiger partial charge on any atom is 0.0630 e. The van der Waals surface area contributed by atoms with Crippen LogP contribution < -0.4 is 0 Å². The van der Waals surface area contributed by atoms with E-state index in [4.69, 9.17) is 5.26 Å². The minimum Gasteiger partial charge on any atom is -0.198 e. The summed E-state index contributed by atoms with van der Waals surface area (Å²) in [7, 11) is 0. The van der Waals surface area contributed by atoms with Crippen LogP contribution in [-0.4, -0.2) is 5.75 Å². The Morgan fingerprint density at radius 2 is 2.17 bits per heavy atom. The van der Waals surface area contributed by atoms with Gasteiger partial charge >= 0.3 is 0 Å². The van der Waals surface area contributed by atoms with Crippen LogP contribution in [0.4, 0.5) is 0 Å². The maximum absolute atomic E-state index is 8.35. The first-order valence-corrected chi connectivity index (χ1v) is 4.88. The molecule has 0 heterocycles. The first kappa shape index (κ1) is 9.15. The molecule has 0 radical (unpaired) electrons. The molecule has 0 saturated carbocycles. The van der Waals surface area contributed by atoms with Crippen LogP contribution in [-0.2, 0) is 0 Å². The van der Waals surface area contributed by atoms with Crippen LogP contribution in [0.15, 0.2) is 29.2 Å². The summed E-state index contributed by atoms with van der Waals surface area (Å²) in [5.41, 5.74) is 1.29. The minimum absolute atomic E-state index is 0.624. The molecule has 0 aliphatic heterocycles. The molecule has 0 fully saturated rings. The van der Waals surface area contributed by atoms with Crippen molar-refractivity contribution in [3.8, 4) is 6.07 Å². The molecule has 1 aromatic rings. The maximum atomic E-state index is 8.35. The highest BCUT2D eigenvalue weighted by atomic mass is 32.2. The predicted octanol–water partition coefficient (Wildman–Crippen LogP) is 3.00. The van der Waals surface area contributed by atoms with Crippen molar-refractivity contribution in [1.29, 1.82) is 5.26 Å². The van der Waals surface area contributed by atoms with Gasteiger partial charge in [-0.15, -0.1) is 11.8 Å².